The maximum absolute atomic E-state index is 2.25. The van der Waals surface area contributed by atoms with E-state index in [2.05, 4.69) is 55.4 Å². The lowest BCUT2D eigenvalue weighted by Crippen LogP contribution is -1.70. The molecule has 0 unspecified atom stereocenters. The van der Waals surface area contributed by atoms with Gasteiger partial charge >= 0.3 is 0 Å². The normalized spacial score (nSPS) is 8.80. The predicted molar refractivity (Wildman–Crippen MR) is 158 cm³/mol. The smallest absolute Gasteiger partial charge is 0.0533 e. The second kappa shape index (κ2) is 57.1. The second-order valence-electron chi connectivity index (χ2n) is 8.24. The molecule has 30 heavy (non-hydrogen) atoms. The van der Waals surface area contributed by atoms with Crippen molar-refractivity contribution in [1.82, 2.24) is 0 Å². The van der Waals surface area contributed by atoms with Gasteiger partial charge in [0.25, 0.3) is 0 Å². The van der Waals surface area contributed by atoms with Crippen LogP contribution in [0.1, 0.15) is 184 Å². The molecule has 0 aliphatic rings. The third kappa shape index (κ3) is 79.0. The van der Waals surface area contributed by atoms with Crippen LogP contribution >= 0.6 is 27.0 Å². The van der Waals surface area contributed by atoms with E-state index >= 15 is 0 Å². The minimum absolute atomic E-state index is 0. The summed E-state index contributed by atoms with van der Waals surface area (Å²) in [6, 6.07) is 0. The van der Waals surface area contributed by atoms with Crippen LogP contribution in [0.25, 0.3) is 0 Å². The van der Waals surface area contributed by atoms with Gasteiger partial charge < -0.3 is 0 Å². The molecule has 2 heteroatoms. The van der Waals surface area contributed by atoms with E-state index in [4.69, 9.17) is 0 Å². The topological polar surface area (TPSA) is 0 Å². The summed E-state index contributed by atoms with van der Waals surface area (Å²) in [6.45, 7) is 18.0. The highest BCUT2D eigenvalue weighted by Gasteiger charge is 1.82. The van der Waals surface area contributed by atoms with Crippen LogP contribution in [0.5, 0.6) is 0 Å². The summed E-state index contributed by atoms with van der Waals surface area (Å²) in [6.07, 6.45) is 28.0. The van der Waals surface area contributed by atoms with Gasteiger partial charge in [-0.05, 0) is 0 Å². The van der Waals surface area contributed by atoms with E-state index in [-0.39, 0.29) is 27.0 Å². The summed E-state index contributed by atoms with van der Waals surface area (Å²) in [5.41, 5.74) is 0. The Bertz CT molecular complexity index is 127. The molecule has 192 valence electrons. The van der Waals surface area contributed by atoms with E-state index in [1.807, 2.05) is 0 Å². The number of hydrogen-bond donors (Lipinski definition) is 0. The van der Waals surface area contributed by atoms with Gasteiger partial charge in [-0.1, -0.05) is 184 Å². The molecule has 0 fully saturated rings. The lowest BCUT2D eigenvalue weighted by molar-refractivity contribution is 0.656. The maximum atomic E-state index is 2.25. The molecule has 0 aliphatic carbocycles. The third-order valence-corrected chi connectivity index (χ3v) is 4.83. The maximum Gasteiger partial charge on any atom is -0.0533 e. The van der Waals surface area contributed by atoms with Gasteiger partial charge in [0.05, 0.1) is 0 Å². The Balaban J connectivity index is -0.0000000626. The van der Waals surface area contributed by atoms with Crippen LogP contribution in [0.2, 0.25) is 0 Å². The molecule has 0 heterocycles. The van der Waals surface area contributed by atoms with Crippen molar-refractivity contribution in [2.45, 2.75) is 184 Å². The van der Waals surface area contributed by atoms with E-state index in [0.717, 1.165) is 0 Å². The van der Waals surface area contributed by atoms with Gasteiger partial charge in [-0.2, -0.15) is 27.0 Å². The molecule has 0 saturated heterocycles. The lowest BCUT2D eigenvalue weighted by Gasteiger charge is -1.90. The monoisotopic (exact) mass is 468 g/mol. The van der Waals surface area contributed by atoms with Crippen molar-refractivity contribution in [2.24, 2.45) is 0 Å². The zero-order valence-corrected chi connectivity index (χ0v) is 25.1. The van der Waals surface area contributed by atoms with Gasteiger partial charge in [0.2, 0.25) is 0 Å². The first-order valence-electron chi connectivity index (χ1n) is 13.7. The molecular weight excluding hydrogens is 400 g/mol. The summed E-state index contributed by atoms with van der Waals surface area (Å²) in [5.74, 6) is 0. The number of hydrogen-bond acceptors (Lipinski definition) is 0. The fraction of sp³-hybridized carbons (Fsp3) is 1.00. The average Bonchev–Trinajstić information content (AvgIpc) is 2.71. The zero-order chi connectivity index (χ0) is 22.1. The largest absolute Gasteiger partial charge is 0.197 e. The summed E-state index contributed by atoms with van der Waals surface area (Å²) in [7, 11) is 0. The molecule has 0 aromatic carbocycles. The van der Waals surface area contributed by atoms with E-state index in [9.17, 15) is 0 Å². The van der Waals surface area contributed by atoms with Crippen molar-refractivity contribution in [3.8, 4) is 0 Å². The predicted octanol–water partition coefficient (Wildman–Crippen LogP) is 12.1. The second-order valence-corrected chi connectivity index (χ2v) is 8.24. The van der Waals surface area contributed by atoms with Gasteiger partial charge in [-0.15, -0.1) is 0 Å². The fourth-order valence-electron chi connectivity index (χ4n) is 2.71. The lowest BCUT2D eigenvalue weighted by atomic mass is 10.2. The molecule has 0 nitrogen and oxygen atoms in total. The van der Waals surface area contributed by atoms with E-state index in [1.54, 1.807) is 0 Å². The van der Waals surface area contributed by atoms with Crippen molar-refractivity contribution in [3.05, 3.63) is 0 Å². The van der Waals surface area contributed by atoms with Gasteiger partial charge in [-0.3, -0.25) is 0 Å². The standard InChI is InChI=1S/4C7H16.2H2S/c4*1-3-5-7-6-4-2;;/h4*3-7H2,1-2H3;2*1H2. The highest BCUT2D eigenvalue weighted by atomic mass is 32.1. The van der Waals surface area contributed by atoms with E-state index in [1.165, 1.54) is 128 Å². The Morgan fingerprint density at radius 1 is 0.200 bits per heavy atom. The first-order chi connectivity index (χ1) is 13.7. The van der Waals surface area contributed by atoms with Gasteiger partial charge in [0.15, 0.2) is 0 Å². The van der Waals surface area contributed by atoms with Crippen LogP contribution in [0.3, 0.4) is 0 Å². The zero-order valence-electron chi connectivity index (χ0n) is 23.1. The van der Waals surface area contributed by atoms with Crippen molar-refractivity contribution in [1.29, 1.82) is 0 Å². The number of rotatable bonds is 16. The molecule has 0 aliphatic heterocycles. The van der Waals surface area contributed by atoms with Gasteiger partial charge in [0.1, 0.15) is 0 Å². The molecule has 0 N–H and O–H groups in total. The Kier molecular flexibility index (Phi) is 84.5. The summed E-state index contributed by atoms with van der Waals surface area (Å²) < 4.78 is 0. The molecular formula is C28H68S2. The van der Waals surface area contributed by atoms with Crippen molar-refractivity contribution in [3.63, 3.8) is 0 Å². The van der Waals surface area contributed by atoms with Crippen LogP contribution < -0.4 is 0 Å². The molecule has 0 saturated carbocycles. The highest BCUT2D eigenvalue weighted by Crippen LogP contribution is 2.01. The molecule has 0 aromatic heterocycles. The van der Waals surface area contributed by atoms with Crippen LogP contribution in [0, 0.1) is 0 Å². The molecule has 0 aromatic rings. The third-order valence-electron chi connectivity index (χ3n) is 4.83. The molecule has 0 rings (SSSR count). The Morgan fingerprint density at radius 3 is 0.367 bits per heavy atom. The van der Waals surface area contributed by atoms with Crippen LogP contribution in [0.15, 0.2) is 0 Å². The molecule has 0 amide bonds. The Hall–Kier alpha value is 0.700. The summed E-state index contributed by atoms with van der Waals surface area (Å²) in [4.78, 5) is 0. The summed E-state index contributed by atoms with van der Waals surface area (Å²) >= 11 is 0. The highest BCUT2D eigenvalue weighted by molar-refractivity contribution is 7.59. The van der Waals surface area contributed by atoms with Gasteiger partial charge in [-0.25, -0.2) is 0 Å². The van der Waals surface area contributed by atoms with E-state index in [0.29, 0.717) is 0 Å². The van der Waals surface area contributed by atoms with Crippen LogP contribution in [0.4, 0.5) is 0 Å². The molecule has 0 bridgehead atoms. The molecule has 0 radical (unpaired) electrons. The van der Waals surface area contributed by atoms with Gasteiger partial charge in [0, 0.05) is 0 Å². The van der Waals surface area contributed by atoms with Crippen LogP contribution in [-0.2, 0) is 0 Å². The Morgan fingerprint density at radius 2 is 0.300 bits per heavy atom. The van der Waals surface area contributed by atoms with Crippen LogP contribution in [-0.4, -0.2) is 0 Å². The minimum Gasteiger partial charge on any atom is -0.197 e. The van der Waals surface area contributed by atoms with Crippen molar-refractivity contribution >= 4 is 27.0 Å². The van der Waals surface area contributed by atoms with Crippen molar-refractivity contribution < 1.29 is 0 Å². The first kappa shape index (κ1) is 44.4. The Labute approximate surface area is 210 Å². The fourth-order valence-corrected chi connectivity index (χ4v) is 2.71. The average molecular weight is 469 g/mol. The SMILES string of the molecule is CCCCCCC.CCCCCCC.CCCCCCC.CCCCCCC.S.S. The first-order valence-corrected chi connectivity index (χ1v) is 13.7. The number of unbranched alkanes of at least 4 members (excludes halogenated alkanes) is 16. The molecule has 0 atom stereocenters. The molecule has 0 spiro atoms. The summed E-state index contributed by atoms with van der Waals surface area (Å²) in [5, 5.41) is 0. The quantitative estimate of drug-likeness (QED) is 0.197. The minimum atomic E-state index is 0. The van der Waals surface area contributed by atoms with E-state index < -0.39 is 0 Å². The van der Waals surface area contributed by atoms with Crippen molar-refractivity contribution in [2.75, 3.05) is 0 Å².